The van der Waals surface area contributed by atoms with Crippen LogP contribution >= 0.6 is 0 Å². The van der Waals surface area contributed by atoms with Gasteiger partial charge in [-0.2, -0.15) is 0 Å². The van der Waals surface area contributed by atoms with E-state index in [9.17, 15) is 9.90 Å². The maximum atomic E-state index is 12.4. The standard InChI is InChI=1S/C20H20N4O2/c1-24-10-9-21-19(24)14-6-4-7-15(11-14)22-20(26)23-18-16-8-3-2-5-13(16)12-17(18)25/h2-11,17-18,25H,12H2,1H3,(H2,22,23,26)/t17-,18-/m0/s1. The van der Waals surface area contributed by atoms with Crippen molar-refractivity contribution in [3.8, 4) is 11.4 Å². The molecule has 0 unspecified atom stereocenters. The van der Waals surface area contributed by atoms with Crippen molar-refractivity contribution in [2.45, 2.75) is 18.6 Å². The molecule has 6 heteroatoms. The molecule has 0 radical (unpaired) electrons. The Morgan fingerprint density at radius 2 is 2.08 bits per heavy atom. The van der Waals surface area contributed by atoms with Crippen molar-refractivity contribution in [3.05, 3.63) is 72.1 Å². The van der Waals surface area contributed by atoms with Crippen LogP contribution in [0.15, 0.2) is 60.9 Å². The average Bonchev–Trinajstić information content (AvgIpc) is 3.19. The van der Waals surface area contributed by atoms with Gasteiger partial charge in [0, 0.05) is 37.1 Å². The fourth-order valence-electron chi connectivity index (χ4n) is 3.44. The van der Waals surface area contributed by atoms with Gasteiger partial charge in [-0.25, -0.2) is 9.78 Å². The van der Waals surface area contributed by atoms with Crippen molar-refractivity contribution in [2.75, 3.05) is 5.32 Å². The number of carbonyl (C=O) groups is 1. The number of nitrogens with one attached hydrogen (secondary N) is 2. The number of aromatic nitrogens is 2. The molecule has 0 aliphatic heterocycles. The highest BCUT2D eigenvalue weighted by Crippen LogP contribution is 2.31. The van der Waals surface area contributed by atoms with E-state index in [4.69, 9.17) is 0 Å². The number of fused-ring (bicyclic) bond motifs is 1. The number of urea groups is 1. The minimum atomic E-state index is -0.614. The van der Waals surface area contributed by atoms with Crippen LogP contribution in [0.25, 0.3) is 11.4 Å². The molecule has 3 N–H and O–H groups in total. The first kappa shape index (κ1) is 16.4. The fraction of sp³-hybridized carbons (Fsp3) is 0.200. The van der Waals surface area contributed by atoms with Gasteiger partial charge in [-0.3, -0.25) is 0 Å². The molecular formula is C20H20N4O2. The number of hydrogen-bond acceptors (Lipinski definition) is 3. The monoisotopic (exact) mass is 348 g/mol. The van der Waals surface area contributed by atoms with E-state index >= 15 is 0 Å². The van der Waals surface area contributed by atoms with Crippen LogP contribution in [-0.2, 0) is 13.5 Å². The molecule has 2 atom stereocenters. The molecule has 2 aromatic carbocycles. The number of aliphatic hydroxyl groups is 1. The lowest BCUT2D eigenvalue weighted by molar-refractivity contribution is 0.144. The second kappa shape index (κ2) is 6.65. The zero-order valence-corrected chi connectivity index (χ0v) is 14.4. The van der Waals surface area contributed by atoms with E-state index in [1.54, 1.807) is 6.20 Å². The quantitative estimate of drug-likeness (QED) is 0.681. The molecule has 1 aromatic heterocycles. The van der Waals surface area contributed by atoms with Gasteiger partial charge in [-0.05, 0) is 23.3 Å². The molecule has 2 amide bonds. The predicted molar refractivity (Wildman–Crippen MR) is 99.7 cm³/mol. The largest absolute Gasteiger partial charge is 0.390 e. The number of anilines is 1. The van der Waals surface area contributed by atoms with Gasteiger partial charge in [-0.1, -0.05) is 36.4 Å². The Bertz CT molecular complexity index is 950. The number of imidazole rings is 1. The van der Waals surface area contributed by atoms with Gasteiger partial charge in [0.25, 0.3) is 0 Å². The molecule has 0 fully saturated rings. The van der Waals surface area contributed by atoms with Crippen molar-refractivity contribution in [2.24, 2.45) is 7.05 Å². The normalized spacial score (nSPS) is 18.4. The van der Waals surface area contributed by atoms with Crippen LogP contribution < -0.4 is 10.6 Å². The summed E-state index contributed by atoms with van der Waals surface area (Å²) in [5, 5.41) is 16.0. The number of benzene rings is 2. The van der Waals surface area contributed by atoms with Crippen molar-refractivity contribution in [1.29, 1.82) is 0 Å². The van der Waals surface area contributed by atoms with E-state index in [-0.39, 0.29) is 6.03 Å². The van der Waals surface area contributed by atoms with Gasteiger partial charge in [-0.15, -0.1) is 0 Å². The lowest BCUT2D eigenvalue weighted by Crippen LogP contribution is -2.36. The van der Waals surface area contributed by atoms with E-state index in [1.807, 2.05) is 66.3 Å². The molecule has 0 spiro atoms. The molecule has 0 saturated heterocycles. The highest BCUT2D eigenvalue weighted by atomic mass is 16.3. The molecule has 0 saturated carbocycles. The highest BCUT2D eigenvalue weighted by molar-refractivity contribution is 5.90. The van der Waals surface area contributed by atoms with Gasteiger partial charge in [0.2, 0.25) is 0 Å². The summed E-state index contributed by atoms with van der Waals surface area (Å²) in [6.45, 7) is 0. The first-order valence-corrected chi connectivity index (χ1v) is 8.53. The lowest BCUT2D eigenvalue weighted by atomic mass is 10.1. The Hall–Kier alpha value is -3.12. The third kappa shape index (κ3) is 3.07. The maximum absolute atomic E-state index is 12.4. The Labute approximate surface area is 151 Å². The smallest absolute Gasteiger partial charge is 0.319 e. The molecule has 6 nitrogen and oxygen atoms in total. The fourth-order valence-corrected chi connectivity index (χ4v) is 3.44. The molecule has 26 heavy (non-hydrogen) atoms. The summed E-state index contributed by atoms with van der Waals surface area (Å²) in [5.41, 5.74) is 3.63. The summed E-state index contributed by atoms with van der Waals surface area (Å²) in [6.07, 6.45) is 3.55. The molecule has 1 aliphatic carbocycles. The Kier molecular flexibility index (Phi) is 4.18. The number of amides is 2. The molecule has 3 aromatic rings. The van der Waals surface area contributed by atoms with Gasteiger partial charge < -0.3 is 20.3 Å². The zero-order chi connectivity index (χ0) is 18.1. The van der Waals surface area contributed by atoms with Crippen LogP contribution in [0, 0.1) is 0 Å². The number of aryl methyl sites for hydroxylation is 1. The van der Waals surface area contributed by atoms with Gasteiger partial charge in [0.1, 0.15) is 5.82 Å². The Balaban J connectivity index is 1.48. The van der Waals surface area contributed by atoms with Crippen molar-refractivity contribution in [3.63, 3.8) is 0 Å². The Morgan fingerprint density at radius 1 is 1.23 bits per heavy atom. The van der Waals surface area contributed by atoms with Crippen LogP contribution in [0.1, 0.15) is 17.2 Å². The first-order valence-electron chi connectivity index (χ1n) is 8.53. The lowest BCUT2D eigenvalue weighted by Gasteiger charge is -2.18. The molecular weight excluding hydrogens is 328 g/mol. The van der Waals surface area contributed by atoms with Gasteiger partial charge in [0.05, 0.1) is 12.1 Å². The third-order valence-electron chi connectivity index (χ3n) is 4.69. The third-order valence-corrected chi connectivity index (χ3v) is 4.69. The van der Waals surface area contributed by atoms with E-state index < -0.39 is 12.1 Å². The van der Waals surface area contributed by atoms with Crippen LogP contribution in [0.5, 0.6) is 0 Å². The van der Waals surface area contributed by atoms with Gasteiger partial charge >= 0.3 is 6.03 Å². The highest BCUT2D eigenvalue weighted by Gasteiger charge is 2.31. The predicted octanol–water partition coefficient (Wildman–Crippen LogP) is 2.87. The van der Waals surface area contributed by atoms with Gasteiger partial charge in [0.15, 0.2) is 0 Å². The molecule has 1 heterocycles. The number of aliphatic hydroxyl groups excluding tert-OH is 1. The van der Waals surface area contributed by atoms with E-state index in [1.165, 1.54) is 0 Å². The summed E-state index contributed by atoms with van der Waals surface area (Å²) in [5.74, 6) is 0.828. The summed E-state index contributed by atoms with van der Waals surface area (Å²) >= 11 is 0. The van der Waals surface area contributed by atoms with Crippen molar-refractivity contribution < 1.29 is 9.90 Å². The molecule has 4 rings (SSSR count). The van der Waals surface area contributed by atoms with Crippen LogP contribution in [-0.4, -0.2) is 26.8 Å². The summed E-state index contributed by atoms with van der Waals surface area (Å²) in [7, 11) is 1.92. The van der Waals surface area contributed by atoms with Crippen LogP contribution in [0.3, 0.4) is 0 Å². The van der Waals surface area contributed by atoms with Crippen molar-refractivity contribution in [1.82, 2.24) is 14.9 Å². The Morgan fingerprint density at radius 3 is 2.88 bits per heavy atom. The minimum absolute atomic E-state index is 0.345. The molecule has 0 bridgehead atoms. The topological polar surface area (TPSA) is 79.2 Å². The second-order valence-electron chi connectivity index (χ2n) is 6.49. The number of hydrogen-bond donors (Lipinski definition) is 3. The zero-order valence-electron chi connectivity index (χ0n) is 14.4. The summed E-state index contributed by atoms with van der Waals surface area (Å²) in [6, 6.07) is 14.6. The SMILES string of the molecule is Cn1ccnc1-c1cccc(NC(=O)N[C@H]2c3ccccc3C[C@@H]2O)c1. The van der Waals surface area contributed by atoms with E-state index in [0.717, 1.165) is 22.5 Å². The first-order chi connectivity index (χ1) is 12.6. The van der Waals surface area contributed by atoms with Crippen molar-refractivity contribution >= 4 is 11.7 Å². The van der Waals surface area contributed by atoms with Crippen LogP contribution in [0.4, 0.5) is 10.5 Å². The number of nitrogens with zero attached hydrogens (tertiary/aromatic N) is 2. The van der Waals surface area contributed by atoms with E-state index in [2.05, 4.69) is 15.6 Å². The molecule has 132 valence electrons. The second-order valence-corrected chi connectivity index (χ2v) is 6.49. The molecule has 1 aliphatic rings. The summed E-state index contributed by atoms with van der Waals surface area (Å²) in [4.78, 5) is 16.8. The minimum Gasteiger partial charge on any atom is -0.390 e. The van der Waals surface area contributed by atoms with Crippen LogP contribution in [0.2, 0.25) is 0 Å². The van der Waals surface area contributed by atoms with E-state index in [0.29, 0.717) is 12.1 Å². The summed E-state index contributed by atoms with van der Waals surface area (Å²) < 4.78 is 1.92. The average molecular weight is 348 g/mol. The number of rotatable bonds is 3. The number of carbonyl (C=O) groups excluding carboxylic acids is 1. The maximum Gasteiger partial charge on any atom is 0.319 e.